The zero-order valence-electron chi connectivity index (χ0n) is 11.0. The van der Waals surface area contributed by atoms with E-state index in [1.54, 1.807) is 6.92 Å². The van der Waals surface area contributed by atoms with Crippen LogP contribution in [0.1, 0.15) is 22.0 Å². The molecule has 2 rings (SSSR count). The summed E-state index contributed by atoms with van der Waals surface area (Å²) in [5.41, 5.74) is 5.24. The molecule has 0 spiro atoms. The van der Waals surface area contributed by atoms with Crippen molar-refractivity contribution in [2.24, 2.45) is 0 Å². The number of anilines is 1. The highest BCUT2D eigenvalue weighted by Gasteiger charge is 2.22. The summed E-state index contributed by atoms with van der Waals surface area (Å²) in [7, 11) is -4.03. The Bertz CT molecular complexity index is 782. The van der Waals surface area contributed by atoms with Crippen LogP contribution in [0.15, 0.2) is 33.7 Å². The fourth-order valence-electron chi connectivity index (χ4n) is 1.67. The predicted octanol–water partition coefficient (Wildman–Crippen LogP) is 0.742. The number of oxazole rings is 1. The fourth-order valence-corrected chi connectivity index (χ4v) is 2.82. The number of nitrogens with two attached hydrogens (primary N) is 1. The summed E-state index contributed by atoms with van der Waals surface area (Å²) in [5, 5.41) is 9.06. The second-order valence-corrected chi connectivity index (χ2v) is 5.99. The second-order valence-electron chi connectivity index (χ2n) is 4.25. The summed E-state index contributed by atoms with van der Waals surface area (Å²) >= 11 is 0. The first-order valence-electron chi connectivity index (χ1n) is 5.83. The second kappa shape index (κ2) is 5.54. The van der Waals surface area contributed by atoms with Crippen molar-refractivity contribution < 1.29 is 22.7 Å². The maximum absolute atomic E-state index is 12.2. The number of sulfonamides is 1. The van der Waals surface area contributed by atoms with E-state index in [2.05, 4.69) is 9.71 Å². The number of aromatic nitrogens is 1. The molecule has 21 heavy (non-hydrogen) atoms. The minimum atomic E-state index is -4.03. The van der Waals surface area contributed by atoms with Gasteiger partial charge in [-0.2, -0.15) is 0 Å². The first kappa shape index (κ1) is 15.0. The van der Waals surface area contributed by atoms with Gasteiger partial charge in [0.1, 0.15) is 5.76 Å². The largest absolute Gasteiger partial charge is 0.478 e. The van der Waals surface area contributed by atoms with E-state index in [9.17, 15) is 13.2 Å². The fraction of sp³-hybridized carbons (Fsp3) is 0.167. The third-order valence-corrected chi connectivity index (χ3v) is 4.07. The molecule has 112 valence electrons. The molecule has 0 fully saturated rings. The third-order valence-electron chi connectivity index (χ3n) is 2.61. The van der Waals surface area contributed by atoms with E-state index in [4.69, 9.17) is 15.3 Å². The molecule has 8 nitrogen and oxygen atoms in total. The van der Waals surface area contributed by atoms with Crippen LogP contribution in [-0.2, 0) is 16.6 Å². The van der Waals surface area contributed by atoms with Crippen LogP contribution in [0, 0.1) is 6.92 Å². The highest BCUT2D eigenvalue weighted by molar-refractivity contribution is 7.89. The van der Waals surface area contributed by atoms with E-state index in [1.807, 2.05) is 0 Å². The van der Waals surface area contributed by atoms with E-state index >= 15 is 0 Å². The number of carboxylic acids is 1. The molecular weight excluding hydrogens is 298 g/mol. The average molecular weight is 311 g/mol. The number of carboxylic acid groups (broad SMARTS) is 1. The Morgan fingerprint density at radius 3 is 2.76 bits per heavy atom. The monoisotopic (exact) mass is 311 g/mol. The molecule has 9 heteroatoms. The summed E-state index contributed by atoms with van der Waals surface area (Å²) in [6.45, 7) is 1.49. The molecule has 0 saturated heterocycles. The third kappa shape index (κ3) is 3.38. The molecule has 0 aliphatic heterocycles. The Morgan fingerprint density at radius 2 is 2.19 bits per heavy atom. The summed E-state index contributed by atoms with van der Waals surface area (Å²) < 4.78 is 31.7. The SMILES string of the molecule is Cc1cnc(CNS(=O)(=O)c2ccc(N)cc2C(=O)O)o1. The van der Waals surface area contributed by atoms with Crippen molar-refractivity contribution >= 4 is 21.7 Å². The van der Waals surface area contributed by atoms with Gasteiger partial charge in [-0.15, -0.1) is 0 Å². The number of hydrogen-bond acceptors (Lipinski definition) is 6. The van der Waals surface area contributed by atoms with Crippen LogP contribution in [-0.4, -0.2) is 24.5 Å². The quantitative estimate of drug-likeness (QED) is 0.693. The molecule has 0 radical (unpaired) electrons. The summed E-state index contributed by atoms with van der Waals surface area (Å²) in [4.78, 5) is 14.6. The number of nitrogens with one attached hydrogen (secondary N) is 1. The highest BCUT2D eigenvalue weighted by atomic mass is 32.2. The number of nitrogens with zero attached hydrogens (tertiary/aromatic N) is 1. The predicted molar refractivity (Wildman–Crippen MR) is 73.1 cm³/mol. The molecule has 0 amide bonds. The zero-order valence-corrected chi connectivity index (χ0v) is 11.8. The highest BCUT2D eigenvalue weighted by Crippen LogP contribution is 2.19. The van der Waals surface area contributed by atoms with Crippen molar-refractivity contribution in [3.63, 3.8) is 0 Å². The van der Waals surface area contributed by atoms with Gasteiger partial charge in [-0.1, -0.05) is 0 Å². The van der Waals surface area contributed by atoms with Gasteiger partial charge in [0.2, 0.25) is 15.9 Å². The normalized spacial score (nSPS) is 11.5. The van der Waals surface area contributed by atoms with E-state index in [0.717, 1.165) is 12.1 Å². The molecule has 2 aromatic rings. The molecular formula is C12H13N3O5S. The topological polar surface area (TPSA) is 136 Å². The van der Waals surface area contributed by atoms with Crippen LogP contribution in [0.4, 0.5) is 5.69 Å². The molecule has 0 aliphatic rings. The lowest BCUT2D eigenvalue weighted by molar-refractivity contribution is 0.0692. The van der Waals surface area contributed by atoms with Crippen molar-refractivity contribution in [2.75, 3.05) is 5.73 Å². The maximum Gasteiger partial charge on any atom is 0.337 e. The van der Waals surface area contributed by atoms with E-state index in [0.29, 0.717) is 5.76 Å². The van der Waals surface area contributed by atoms with Gasteiger partial charge in [-0.3, -0.25) is 0 Å². The van der Waals surface area contributed by atoms with Crippen LogP contribution in [0.25, 0.3) is 0 Å². The lowest BCUT2D eigenvalue weighted by Crippen LogP contribution is -2.25. The molecule has 0 bridgehead atoms. The van der Waals surface area contributed by atoms with E-state index in [1.165, 1.54) is 12.3 Å². The molecule has 1 aromatic carbocycles. The summed E-state index contributed by atoms with van der Waals surface area (Å²) in [6.07, 6.45) is 1.45. The Balaban J connectivity index is 2.29. The maximum atomic E-state index is 12.2. The van der Waals surface area contributed by atoms with E-state index in [-0.39, 0.29) is 23.0 Å². The number of nitrogen functional groups attached to an aromatic ring is 1. The Morgan fingerprint density at radius 1 is 1.48 bits per heavy atom. The van der Waals surface area contributed by atoms with Crippen LogP contribution >= 0.6 is 0 Å². The van der Waals surface area contributed by atoms with Crippen molar-refractivity contribution in [3.05, 3.63) is 41.6 Å². The average Bonchev–Trinajstić information content (AvgIpc) is 2.82. The molecule has 1 heterocycles. The van der Waals surface area contributed by atoms with Gasteiger partial charge >= 0.3 is 5.97 Å². The summed E-state index contributed by atoms with van der Waals surface area (Å²) in [6, 6.07) is 3.55. The molecule has 0 unspecified atom stereocenters. The smallest absolute Gasteiger partial charge is 0.337 e. The lowest BCUT2D eigenvalue weighted by atomic mass is 10.2. The van der Waals surface area contributed by atoms with Gasteiger partial charge in [0.25, 0.3) is 0 Å². The van der Waals surface area contributed by atoms with Gasteiger partial charge in [-0.25, -0.2) is 22.9 Å². The van der Waals surface area contributed by atoms with Gasteiger partial charge in [0, 0.05) is 5.69 Å². The number of aryl methyl sites for hydroxylation is 1. The molecule has 0 saturated carbocycles. The Labute approximate surface area is 120 Å². The van der Waals surface area contributed by atoms with Gasteiger partial charge < -0.3 is 15.3 Å². The number of aromatic carboxylic acids is 1. The molecule has 0 aliphatic carbocycles. The van der Waals surface area contributed by atoms with Crippen molar-refractivity contribution in [1.82, 2.24) is 9.71 Å². The van der Waals surface area contributed by atoms with Crippen molar-refractivity contribution in [3.8, 4) is 0 Å². The molecule has 4 N–H and O–H groups in total. The zero-order chi connectivity index (χ0) is 15.6. The lowest BCUT2D eigenvalue weighted by Gasteiger charge is -2.08. The standard InChI is InChI=1S/C12H13N3O5S/c1-7-5-14-11(20-7)6-15-21(18,19)10-3-2-8(13)4-9(10)12(16)17/h2-5,15H,6,13H2,1H3,(H,16,17). The number of carbonyl (C=O) groups is 1. The van der Waals surface area contributed by atoms with Crippen LogP contribution < -0.4 is 10.5 Å². The minimum absolute atomic E-state index is 0.162. The van der Waals surface area contributed by atoms with Gasteiger partial charge in [0.05, 0.1) is 23.2 Å². The Kier molecular flexibility index (Phi) is 3.96. The Hall–Kier alpha value is -2.39. The first-order valence-corrected chi connectivity index (χ1v) is 7.32. The number of hydrogen-bond donors (Lipinski definition) is 3. The van der Waals surface area contributed by atoms with Gasteiger partial charge in [0.15, 0.2) is 0 Å². The number of benzene rings is 1. The van der Waals surface area contributed by atoms with E-state index < -0.39 is 21.6 Å². The van der Waals surface area contributed by atoms with Crippen molar-refractivity contribution in [2.45, 2.75) is 18.4 Å². The first-order chi connectivity index (χ1) is 9.79. The molecule has 0 atom stereocenters. The van der Waals surface area contributed by atoms with Crippen LogP contribution in [0.5, 0.6) is 0 Å². The minimum Gasteiger partial charge on any atom is -0.478 e. The summed E-state index contributed by atoms with van der Waals surface area (Å²) in [5.74, 6) is -0.652. The van der Waals surface area contributed by atoms with Crippen LogP contribution in [0.2, 0.25) is 0 Å². The molecule has 1 aromatic heterocycles. The van der Waals surface area contributed by atoms with Crippen molar-refractivity contribution in [1.29, 1.82) is 0 Å². The van der Waals surface area contributed by atoms with Gasteiger partial charge in [-0.05, 0) is 25.1 Å². The van der Waals surface area contributed by atoms with Crippen LogP contribution in [0.3, 0.4) is 0 Å². The number of rotatable bonds is 5.